The van der Waals surface area contributed by atoms with Crippen molar-refractivity contribution in [3.63, 3.8) is 0 Å². The average molecular weight is 479 g/mol. The molecule has 3 aromatic rings. The van der Waals surface area contributed by atoms with E-state index in [1.807, 2.05) is 55.5 Å². The topological polar surface area (TPSA) is 79.3 Å². The van der Waals surface area contributed by atoms with Crippen LogP contribution >= 0.6 is 0 Å². The van der Waals surface area contributed by atoms with Crippen molar-refractivity contribution < 1.29 is 23.0 Å². The first-order chi connectivity index (χ1) is 16.5. The number of para-hydroxylation sites is 1. The number of aliphatic hydroxyl groups is 1. The van der Waals surface area contributed by atoms with Crippen molar-refractivity contribution >= 4 is 15.7 Å². The molecule has 3 atom stereocenters. The summed E-state index contributed by atoms with van der Waals surface area (Å²) in [6, 6.07) is 20.4. The Balaban J connectivity index is 1.36. The number of anilines is 1. The minimum Gasteiger partial charge on any atom is -0.454 e. The van der Waals surface area contributed by atoms with Crippen LogP contribution in [0.15, 0.2) is 71.6 Å². The molecule has 1 saturated heterocycles. The van der Waals surface area contributed by atoms with Gasteiger partial charge in [-0.2, -0.15) is 0 Å². The quantitative estimate of drug-likeness (QED) is 0.607. The number of benzene rings is 3. The lowest BCUT2D eigenvalue weighted by Crippen LogP contribution is -2.68. The highest BCUT2D eigenvalue weighted by molar-refractivity contribution is 7.92. The van der Waals surface area contributed by atoms with E-state index in [4.69, 9.17) is 9.47 Å². The van der Waals surface area contributed by atoms with Crippen LogP contribution in [0.3, 0.4) is 0 Å². The van der Waals surface area contributed by atoms with E-state index in [1.54, 1.807) is 22.5 Å². The minimum absolute atomic E-state index is 0.00465. The third-order valence-electron chi connectivity index (χ3n) is 7.17. The van der Waals surface area contributed by atoms with E-state index in [9.17, 15) is 13.5 Å². The van der Waals surface area contributed by atoms with Crippen molar-refractivity contribution in [1.29, 1.82) is 0 Å². The van der Waals surface area contributed by atoms with Crippen molar-refractivity contribution in [2.45, 2.75) is 36.4 Å². The monoisotopic (exact) mass is 478 g/mol. The molecule has 1 N–H and O–H groups in total. The van der Waals surface area contributed by atoms with E-state index in [1.165, 1.54) is 0 Å². The molecule has 176 valence electrons. The van der Waals surface area contributed by atoms with Gasteiger partial charge in [-0.1, -0.05) is 36.4 Å². The van der Waals surface area contributed by atoms with E-state index in [0.29, 0.717) is 29.4 Å². The average Bonchev–Trinajstić information content (AvgIpc) is 3.30. The third-order valence-corrected chi connectivity index (χ3v) is 8.94. The lowest BCUT2D eigenvalue weighted by atomic mass is 9.72. The third kappa shape index (κ3) is 3.28. The number of hydrogen-bond donors (Lipinski definition) is 1. The summed E-state index contributed by atoms with van der Waals surface area (Å²) < 4.78 is 40.0. The lowest BCUT2D eigenvalue weighted by Gasteiger charge is -2.59. The zero-order valence-electron chi connectivity index (χ0n) is 18.8. The Hall–Kier alpha value is -3.07. The summed E-state index contributed by atoms with van der Waals surface area (Å²) in [5.41, 5.74) is 3.60. The molecule has 0 aliphatic carbocycles. The molecule has 1 fully saturated rings. The van der Waals surface area contributed by atoms with E-state index >= 15 is 0 Å². The molecule has 7 nitrogen and oxygen atoms in total. The summed E-state index contributed by atoms with van der Waals surface area (Å²) >= 11 is 0. The molecule has 0 amide bonds. The van der Waals surface area contributed by atoms with Crippen LogP contribution < -0.4 is 13.8 Å². The lowest BCUT2D eigenvalue weighted by molar-refractivity contribution is -0.0477. The van der Waals surface area contributed by atoms with Gasteiger partial charge in [0.2, 0.25) is 6.79 Å². The van der Waals surface area contributed by atoms with Gasteiger partial charge in [0.1, 0.15) is 0 Å². The van der Waals surface area contributed by atoms with Crippen LogP contribution in [-0.2, 0) is 16.6 Å². The van der Waals surface area contributed by atoms with Gasteiger partial charge in [-0.15, -0.1) is 0 Å². The van der Waals surface area contributed by atoms with Crippen LogP contribution in [0.5, 0.6) is 11.5 Å². The molecule has 6 rings (SSSR count). The molecule has 3 heterocycles. The predicted molar refractivity (Wildman–Crippen MR) is 128 cm³/mol. The summed E-state index contributed by atoms with van der Waals surface area (Å²) in [6.45, 7) is 3.03. The number of nitrogens with zero attached hydrogens (tertiary/aromatic N) is 2. The van der Waals surface area contributed by atoms with Crippen LogP contribution in [0, 0.1) is 6.92 Å². The first kappa shape index (κ1) is 21.5. The number of rotatable bonds is 5. The number of fused-ring (bicyclic) bond motifs is 4. The molecule has 0 bridgehead atoms. The number of aliphatic hydroxyl groups excluding tert-OH is 1. The summed E-state index contributed by atoms with van der Waals surface area (Å²) in [7, 11) is -3.74. The highest BCUT2D eigenvalue weighted by atomic mass is 32.2. The molecule has 0 radical (unpaired) electrons. The maximum absolute atomic E-state index is 13.8. The molecule has 0 unspecified atom stereocenters. The van der Waals surface area contributed by atoms with Crippen molar-refractivity contribution in [2.75, 3.05) is 24.2 Å². The van der Waals surface area contributed by atoms with Gasteiger partial charge in [0.25, 0.3) is 10.0 Å². The Morgan fingerprint density at radius 2 is 1.82 bits per heavy atom. The normalized spacial score (nSPS) is 23.2. The van der Waals surface area contributed by atoms with Crippen LogP contribution in [0.4, 0.5) is 5.69 Å². The summed E-state index contributed by atoms with van der Waals surface area (Å²) in [5, 5.41) is 10.3. The van der Waals surface area contributed by atoms with Gasteiger partial charge >= 0.3 is 0 Å². The number of ether oxygens (including phenoxy) is 2. The second-order valence-corrected chi connectivity index (χ2v) is 11.0. The maximum atomic E-state index is 13.8. The van der Waals surface area contributed by atoms with Crippen LogP contribution in [0.2, 0.25) is 0 Å². The van der Waals surface area contributed by atoms with Crippen molar-refractivity contribution in [1.82, 2.24) is 4.90 Å². The summed E-state index contributed by atoms with van der Waals surface area (Å²) in [6.07, 6.45) is 0. The Morgan fingerprint density at radius 1 is 1.00 bits per heavy atom. The van der Waals surface area contributed by atoms with Crippen LogP contribution in [-0.4, -0.2) is 50.5 Å². The van der Waals surface area contributed by atoms with Gasteiger partial charge in [0.15, 0.2) is 11.5 Å². The van der Waals surface area contributed by atoms with Gasteiger partial charge in [-0.3, -0.25) is 9.21 Å². The van der Waals surface area contributed by atoms with Gasteiger partial charge in [-0.05, 0) is 53.9 Å². The standard InChI is InChI=1S/C26H26N2O5S/c1-17-5-4-6-19(11-17)34(30,31)28-14-22-26(20-7-2-3-8-21(20)28)23(15-29)27(22)13-18-9-10-24-25(12-18)33-16-32-24/h2-12,22-23,26,29H,13-16H2,1H3/t22-,23-,26+/m0/s1. The minimum atomic E-state index is -3.74. The Bertz CT molecular complexity index is 1360. The highest BCUT2D eigenvalue weighted by Gasteiger charge is 2.54. The second kappa shape index (κ2) is 8.01. The summed E-state index contributed by atoms with van der Waals surface area (Å²) in [4.78, 5) is 2.50. The largest absolute Gasteiger partial charge is 0.454 e. The fourth-order valence-corrected chi connectivity index (χ4v) is 7.16. The highest BCUT2D eigenvalue weighted by Crippen LogP contribution is 2.50. The van der Waals surface area contributed by atoms with E-state index in [2.05, 4.69) is 4.90 Å². The van der Waals surface area contributed by atoms with Crippen LogP contribution in [0.25, 0.3) is 0 Å². The smallest absolute Gasteiger partial charge is 0.264 e. The number of aryl methyl sites for hydroxylation is 1. The zero-order valence-corrected chi connectivity index (χ0v) is 19.6. The van der Waals surface area contributed by atoms with Gasteiger partial charge in [-0.25, -0.2) is 8.42 Å². The first-order valence-electron chi connectivity index (χ1n) is 11.4. The van der Waals surface area contributed by atoms with Gasteiger partial charge in [0.05, 0.1) is 23.7 Å². The molecule has 3 aliphatic heterocycles. The van der Waals surface area contributed by atoms with Crippen molar-refractivity contribution in [3.05, 3.63) is 83.4 Å². The molecular weight excluding hydrogens is 452 g/mol. The van der Waals surface area contributed by atoms with Crippen molar-refractivity contribution in [2.24, 2.45) is 0 Å². The Kier molecular flexibility index (Phi) is 5.05. The first-order valence-corrected chi connectivity index (χ1v) is 12.8. The number of likely N-dealkylation sites (tertiary alicyclic amines) is 1. The molecule has 0 aromatic heterocycles. The molecule has 3 aromatic carbocycles. The molecule has 0 saturated carbocycles. The number of sulfonamides is 1. The fraction of sp³-hybridized carbons (Fsp3) is 0.308. The van der Waals surface area contributed by atoms with E-state index in [-0.39, 0.29) is 31.4 Å². The molecule has 0 spiro atoms. The number of hydrogen-bond acceptors (Lipinski definition) is 6. The van der Waals surface area contributed by atoms with Gasteiger partial charge < -0.3 is 14.6 Å². The van der Waals surface area contributed by atoms with E-state index < -0.39 is 10.0 Å². The van der Waals surface area contributed by atoms with Gasteiger partial charge in [0, 0.05) is 24.5 Å². The molecule has 3 aliphatic rings. The van der Waals surface area contributed by atoms with E-state index in [0.717, 1.165) is 22.4 Å². The SMILES string of the molecule is Cc1cccc(S(=O)(=O)N2C[C@H]3[C@@H](c4ccccc42)[C@H](CO)N3Cc2ccc3c(c2)OCO3)c1. The predicted octanol–water partition coefficient (Wildman–Crippen LogP) is 3.26. The Morgan fingerprint density at radius 3 is 2.65 bits per heavy atom. The maximum Gasteiger partial charge on any atom is 0.264 e. The van der Waals surface area contributed by atoms with Crippen LogP contribution in [0.1, 0.15) is 22.6 Å². The molecule has 34 heavy (non-hydrogen) atoms. The summed E-state index contributed by atoms with van der Waals surface area (Å²) in [5.74, 6) is 1.51. The van der Waals surface area contributed by atoms with Crippen molar-refractivity contribution in [3.8, 4) is 11.5 Å². The molecule has 8 heteroatoms. The second-order valence-electron chi connectivity index (χ2n) is 9.11. The Labute approximate surface area is 199 Å². The zero-order chi connectivity index (χ0) is 23.4. The molecular formula is C26H26N2O5S. The fourth-order valence-electron chi connectivity index (χ4n) is 5.54.